The van der Waals surface area contributed by atoms with Gasteiger partial charge in [0, 0.05) is 69.8 Å². The second-order valence-corrected chi connectivity index (χ2v) is 16.7. The van der Waals surface area contributed by atoms with Crippen molar-refractivity contribution in [2.75, 3.05) is 27.9 Å². The molecule has 0 atom stereocenters. The van der Waals surface area contributed by atoms with Crippen LogP contribution in [0.5, 0.6) is 17.2 Å². The number of ether oxygens (including phenoxy) is 3. The Bertz CT molecular complexity index is 3700. The number of H-pyrrole nitrogens is 1. The van der Waals surface area contributed by atoms with Gasteiger partial charge in [0.15, 0.2) is 22.8 Å². The molecule has 18 nitrogen and oxygen atoms in total. The van der Waals surface area contributed by atoms with Crippen LogP contribution in [0.15, 0.2) is 138 Å². The van der Waals surface area contributed by atoms with E-state index in [1.54, 1.807) is 91.4 Å². The molecule has 7 aromatic heterocycles. The minimum Gasteiger partial charge on any atom is -0.497 e. The zero-order valence-corrected chi connectivity index (χ0v) is 39.1. The van der Waals surface area contributed by atoms with E-state index in [1.807, 2.05) is 71.4 Å². The van der Waals surface area contributed by atoms with Crippen LogP contribution in [-0.4, -0.2) is 93.0 Å². The van der Waals surface area contributed by atoms with Crippen molar-refractivity contribution < 1.29 is 23.8 Å². The van der Waals surface area contributed by atoms with Crippen molar-refractivity contribution in [3.05, 3.63) is 188 Å². The fraction of sp³-hybridized carbons (Fsp3) is 0.208. The Kier molecular flexibility index (Phi) is 12.8. The lowest BCUT2D eigenvalue weighted by Gasteiger charge is -2.16. The Labute approximate surface area is 405 Å². The molecule has 0 bridgehead atoms. The third-order valence-corrected chi connectivity index (χ3v) is 12.5. The Morgan fingerprint density at radius 1 is 0.563 bits per heavy atom. The van der Waals surface area contributed by atoms with Crippen molar-refractivity contribution >= 4 is 50.6 Å². The van der Waals surface area contributed by atoms with E-state index in [9.17, 15) is 19.2 Å². The molecule has 0 fully saturated rings. The number of pyridine rings is 3. The quantitative estimate of drug-likeness (QED) is 0.113. The molecule has 1 aliphatic heterocycles. The average Bonchev–Trinajstić information content (AvgIpc) is 4.09. The van der Waals surface area contributed by atoms with Gasteiger partial charge in [-0.3, -0.25) is 33.2 Å². The molecule has 18 heteroatoms. The summed E-state index contributed by atoms with van der Waals surface area (Å²) in [5.41, 5.74) is 5.81. The van der Waals surface area contributed by atoms with Crippen LogP contribution >= 0.6 is 0 Å². The molecule has 0 spiro atoms. The molecular weight excluding hydrogens is 903 g/mol. The number of rotatable bonds is 15. The van der Waals surface area contributed by atoms with E-state index in [-0.39, 0.29) is 35.9 Å². The predicted octanol–water partition coefficient (Wildman–Crippen LogP) is 6.24. The van der Waals surface area contributed by atoms with Gasteiger partial charge in [0.1, 0.15) is 28.9 Å². The third kappa shape index (κ3) is 9.29. The first-order chi connectivity index (χ1) is 34.7. The predicted molar refractivity (Wildman–Crippen MR) is 265 cm³/mol. The topological polar surface area (TPSA) is 207 Å². The maximum atomic E-state index is 13.4. The van der Waals surface area contributed by atoms with E-state index in [1.165, 1.54) is 4.90 Å². The van der Waals surface area contributed by atoms with Gasteiger partial charge < -0.3 is 23.6 Å². The molecule has 0 saturated heterocycles. The lowest BCUT2D eigenvalue weighted by Crippen LogP contribution is -2.34. The van der Waals surface area contributed by atoms with E-state index >= 15 is 0 Å². The highest BCUT2D eigenvalue weighted by atomic mass is 16.5. The summed E-state index contributed by atoms with van der Waals surface area (Å²) >= 11 is 0. The molecule has 356 valence electrons. The fourth-order valence-corrected chi connectivity index (χ4v) is 8.82. The fourth-order valence-electron chi connectivity index (χ4n) is 8.82. The number of carbonyl (C=O) groups excluding carboxylic acids is 2. The number of carbonyl (C=O) groups is 2. The number of imidazole rings is 2. The number of aryl methyl sites for hydroxylation is 4. The molecule has 0 saturated carbocycles. The number of benzene rings is 3. The van der Waals surface area contributed by atoms with Crippen molar-refractivity contribution in [2.45, 2.75) is 45.2 Å². The average molecular weight is 950 g/mol. The Morgan fingerprint density at radius 2 is 1.23 bits per heavy atom. The number of amides is 2. The van der Waals surface area contributed by atoms with Gasteiger partial charge in [0.2, 0.25) is 0 Å². The van der Waals surface area contributed by atoms with Gasteiger partial charge in [-0.2, -0.15) is 0 Å². The molecule has 2 amide bonds. The van der Waals surface area contributed by atoms with Crippen LogP contribution in [0.3, 0.4) is 0 Å². The molecule has 1 aliphatic rings. The molecule has 0 radical (unpaired) electrons. The molecule has 3 aromatic carbocycles. The molecule has 0 aliphatic carbocycles. The normalized spacial score (nSPS) is 12.2. The third-order valence-electron chi connectivity index (χ3n) is 12.5. The molecule has 71 heavy (non-hydrogen) atoms. The van der Waals surface area contributed by atoms with Crippen molar-refractivity contribution in [1.82, 2.24) is 53.3 Å². The first kappa shape index (κ1) is 45.7. The second kappa shape index (κ2) is 19.9. The van der Waals surface area contributed by atoms with Gasteiger partial charge >= 0.3 is 0 Å². The van der Waals surface area contributed by atoms with E-state index in [0.29, 0.717) is 101 Å². The lowest BCUT2D eigenvalue weighted by molar-refractivity contribution is 0.0655. The van der Waals surface area contributed by atoms with Crippen LogP contribution < -0.4 is 25.3 Å². The van der Waals surface area contributed by atoms with Gasteiger partial charge in [0.05, 0.1) is 60.0 Å². The molecule has 10 aromatic rings. The minimum atomic E-state index is -0.342. The molecule has 0 unspecified atom stereocenters. The van der Waals surface area contributed by atoms with Gasteiger partial charge in [-0.05, 0) is 91.2 Å². The van der Waals surface area contributed by atoms with E-state index in [2.05, 4.69) is 29.9 Å². The Morgan fingerprint density at radius 3 is 1.89 bits per heavy atom. The highest BCUT2D eigenvalue weighted by Crippen LogP contribution is 2.28. The first-order valence-electron chi connectivity index (χ1n) is 23.0. The summed E-state index contributed by atoms with van der Waals surface area (Å²) in [5.74, 6) is 3.25. The zero-order valence-electron chi connectivity index (χ0n) is 39.1. The minimum absolute atomic E-state index is 0.0800. The van der Waals surface area contributed by atoms with Crippen LogP contribution in [0.2, 0.25) is 0 Å². The highest BCUT2D eigenvalue weighted by Gasteiger charge is 2.35. The number of imide groups is 1. The lowest BCUT2D eigenvalue weighted by atomic mass is 10.1. The molecule has 1 N–H and O–H groups in total. The summed E-state index contributed by atoms with van der Waals surface area (Å²) in [6.07, 6.45) is 9.79. The van der Waals surface area contributed by atoms with Crippen molar-refractivity contribution in [3.63, 3.8) is 0 Å². The van der Waals surface area contributed by atoms with E-state index < -0.39 is 0 Å². The van der Waals surface area contributed by atoms with Gasteiger partial charge in [-0.1, -0.05) is 24.3 Å². The number of aromatic amines is 1. The van der Waals surface area contributed by atoms with Crippen LogP contribution in [0.1, 0.15) is 49.4 Å². The monoisotopic (exact) mass is 949 g/mol. The number of nitrogens with zero attached hydrogens (tertiary/aromatic N) is 10. The number of aromatic nitrogens is 10. The van der Waals surface area contributed by atoms with Crippen LogP contribution in [-0.2, 0) is 45.2 Å². The van der Waals surface area contributed by atoms with Crippen molar-refractivity contribution in [2.24, 2.45) is 0 Å². The summed E-state index contributed by atoms with van der Waals surface area (Å²) < 4.78 is 21.4. The van der Waals surface area contributed by atoms with Crippen molar-refractivity contribution in [3.8, 4) is 17.2 Å². The highest BCUT2D eigenvalue weighted by molar-refractivity contribution is 6.21. The number of methoxy groups -OCH3 is 3. The maximum Gasteiger partial charge on any atom is 0.263 e. The van der Waals surface area contributed by atoms with Crippen molar-refractivity contribution in [1.29, 1.82) is 0 Å². The first-order valence-corrected chi connectivity index (χ1v) is 23.0. The summed E-state index contributed by atoms with van der Waals surface area (Å²) in [4.78, 5) is 84.1. The summed E-state index contributed by atoms with van der Waals surface area (Å²) in [7, 11) is 4.83. The Balaban J connectivity index is 0.000000165. The smallest absolute Gasteiger partial charge is 0.263 e. The van der Waals surface area contributed by atoms with Crippen LogP contribution in [0.4, 0.5) is 0 Å². The molecular formula is C53H47N11O7. The number of fused-ring (bicyclic) bond motifs is 5. The zero-order chi connectivity index (χ0) is 49.0. The van der Waals surface area contributed by atoms with Gasteiger partial charge in [-0.15, -0.1) is 0 Å². The summed E-state index contributed by atoms with van der Waals surface area (Å²) in [5, 5.41) is 0.924. The number of hydrogen-bond acceptors (Lipinski definition) is 13. The second-order valence-electron chi connectivity index (χ2n) is 16.7. The molecule has 11 rings (SSSR count). The van der Waals surface area contributed by atoms with Crippen LogP contribution in [0, 0.1) is 0 Å². The largest absolute Gasteiger partial charge is 0.497 e. The summed E-state index contributed by atoms with van der Waals surface area (Å²) in [6, 6.07) is 31.0. The van der Waals surface area contributed by atoms with E-state index in [4.69, 9.17) is 19.2 Å². The van der Waals surface area contributed by atoms with Crippen LogP contribution in [0.25, 0.3) is 38.7 Å². The summed E-state index contributed by atoms with van der Waals surface area (Å²) in [6.45, 7) is 0.902. The number of nitrogens with one attached hydrogen (secondary N) is 1. The Hall–Kier alpha value is -9.06. The van der Waals surface area contributed by atoms with Gasteiger partial charge in [-0.25, -0.2) is 29.9 Å². The maximum absolute atomic E-state index is 13.4. The van der Waals surface area contributed by atoms with E-state index in [0.717, 1.165) is 33.7 Å². The standard InChI is InChI=1S/C27H22N6O4.C26H25N5O3/c1-37-16-8-9-20-21(15-16)30-22(29-20)10-13-32-23(31-24-19(27(32)36)7-4-12-28-24)11-14-33-25(34)17-5-2-3-6-18(17)26(33)35;1-33-21-10-8-18(16-22(21)34-2)12-15-31-24(29-25-20(26(31)32)6-5-13-27-25)11-9-19-17-30-14-4-3-7-23(30)28-19/h2-9,12,15H,10-11,13-14H2,1H3,(H,29,30);3-8,10,13-14,16-17H,9,11-12,15H2,1-2H3. The van der Waals surface area contributed by atoms with Gasteiger partial charge in [0.25, 0.3) is 22.9 Å². The molecule has 8 heterocycles. The number of hydrogen-bond donors (Lipinski definition) is 1. The SMILES string of the molecule is COc1ccc(CCn2c(CCc3cn4ccccc4n3)nc3ncccc3c2=O)cc1OC.COc1ccc2nc(CCn3c(CCN4C(=O)c5ccccc5C4=O)nc4ncccc4c3=O)[nH]c2c1.